The minimum Gasteiger partial charge on any atom is -0.300 e. The van der Waals surface area contributed by atoms with Gasteiger partial charge in [0.25, 0.3) is 0 Å². The predicted octanol–water partition coefficient (Wildman–Crippen LogP) is 4.61. The first-order valence-corrected chi connectivity index (χ1v) is 9.45. The van der Waals surface area contributed by atoms with Crippen molar-refractivity contribution >= 4 is 0 Å². The highest BCUT2D eigenvalue weighted by molar-refractivity contribution is 5.09. The van der Waals surface area contributed by atoms with Crippen LogP contribution in [0.2, 0.25) is 0 Å². The average molecular weight is 303 g/mol. The molecule has 0 unspecified atom stereocenters. The van der Waals surface area contributed by atoms with Crippen molar-refractivity contribution in [3.8, 4) is 0 Å². The summed E-state index contributed by atoms with van der Waals surface area (Å²) in [4.78, 5) is 2.77. The van der Waals surface area contributed by atoms with Gasteiger partial charge < -0.3 is 4.90 Å². The SMILES string of the molecule is CCC1CCC(N2CCC(n3cc(C(C)C)cn3)CC2)CC1. The number of aromatic nitrogens is 2. The molecule has 0 bridgehead atoms. The Morgan fingerprint density at radius 2 is 1.73 bits per heavy atom. The van der Waals surface area contributed by atoms with Gasteiger partial charge in [-0.1, -0.05) is 27.2 Å². The maximum atomic E-state index is 4.62. The van der Waals surface area contributed by atoms with Crippen LogP contribution >= 0.6 is 0 Å². The lowest BCUT2D eigenvalue weighted by molar-refractivity contribution is 0.0932. The highest BCUT2D eigenvalue weighted by atomic mass is 15.3. The third kappa shape index (κ3) is 3.56. The van der Waals surface area contributed by atoms with Crippen LogP contribution in [0.3, 0.4) is 0 Å². The minimum absolute atomic E-state index is 0.586. The van der Waals surface area contributed by atoms with Crippen molar-refractivity contribution in [3.63, 3.8) is 0 Å². The summed E-state index contributed by atoms with van der Waals surface area (Å²) in [6.45, 7) is 9.38. The first-order chi connectivity index (χ1) is 10.7. The Balaban J connectivity index is 1.50. The molecule has 2 aliphatic rings. The van der Waals surface area contributed by atoms with Gasteiger partial charge in [0.05, 0.1) is 12.2 Å². The zero-order valence-corrected chi connectivity index (χ0v) is 14.7. The van der Waals surface area contributed by atoms with E-state index in [1.807, 2.05) is 0 Å². The molecule has 0 aromatic carbocycles. The van der Waals surface area contributed by atoms with E-state index in [1.54, 1.807) is 0 Å². The lowest BCUT2D eigenvalue weighted by Crippen LogP contribution is -2.43. The van der Waals surface area contributed by atoms with Crippen LogP contribution in [-0.2, 0) is 0 Å². The Morgan fingerprint density at radius 1 is 1.05 bits per heavy atom. The Labute approximate surface area is 136 Å². The molecule has 1 aliphatic heterocycles. The van der Waals surface area contributed by atoms with Crippen LogP contribution in [0.25, 0.3) is 0 Å². The van der Waals surface area contributed by atoms with E-state index in [0.29, 0.717) is 12.0 Å². The topological polar surface area (TPSA) is 21.1 Å². The molecule has 1 aromatic heterocycles. The molecule has 1 saturated carbocycles. The number of rotatable bonds is 4. The second kappa shape index (κ2) is 7.16. The fourth-order valence-electron chi connectivity index (χ4n) is 4.28. The van der Waals surface area contributed by atoms with Gasteiger partial charge in [0.1, 0.15) is 0 Å². The number of hydrogen-bond acceptors (Lipinski definition) is 2. The van der Waals surface area contributed by atoms with Gasteiger partial charge >= 0.3 is 0 Å². The van der Waals surface area contributed by atoms with Crippen LogP contribution in [0.5, 0.6) is 0 Å². The maximum absolute atomic E-state index is 4.62. The summed E-state index contributed by atoms with van der Waals surface area (Å²) < 4.78 is 2.24. The highest BCUT2D eigenvalue weighted by Gasteiger charge is 2.29. The summed E-state index contributed by atoms with van der Waals surface area (Å²) in [5, 5.41) is 4.62. The molecule has 3 nitrogen and oxygen atoms in total. The standard InChI is InChI=1S/C19H33N3/c1-4-16-5-7-18(8-6-16)21-11-9-19(10-12-21)22-14-17(13-20-22)15(2)3/h13-16,18-19H,4-12H2,1-3H3. The Hall–Kier alpha value is -0.830. The summed E-state index contributed by atoms with van der Waals surface area (Å²) in [5.41, 5.74) is 1.38. The second-order valence-electron chi connectivity index (χ2n) is 7.76. The number of likely N-dealkylation sites (tertiary alicyclic amines) is 1. The molecule has 2 heterocycles. The van der Waals surface area contributed by atoms with E-state index < -0.39 is 0 Å². The monoisotopic (exact) mass is 303 g/mol. The van der Waals surface area contributed by atoms with Crippen molar-refractivity contribution in [2.24, 2.45) is 5.92 Å². The van der Waals surface area contributed by atoms with Gasteiger partial charge in [-0.3, -0.25) is 4.68 Å². The quantitative estimate of drug-likeness (QED) is 0.809. The van der Waals surface area contributed by atoms with E-state index >= 15 is 0 Å². The smallest absolute Gasteiger partial charge is 0.0543 e. The van der Waals surface area contributed by atoms with Crippen molar-refractivity contribution < 1.29 is 0 Å². The molecule has 0 spiro atoms. The summed E-state index contributed by atoms with van der Waals surface area (Å²) in [5.74, 6) is 1.59. The molecule has 0 radical (unpaired) electrons. The largest absolute Gasteiger partial charge is 0.300 e. The first-order valence-electron chi connectivity index (χ1n) is 9.45. The van der Waals surface area contributed by atoms with Gasteiger partial charge in [-0.25, -0.2) is 0 Å². The van der Waals surface area contributed by atoms with Crippen LogP contribution in [0.15, 0.2) is 12.4 Å². The lowest BCUT2D eigenvalue weighted by atomic mass is 9.83. The minimum atomic E-state index is 0.586. The van der Waals surface area contributed by atoms with E-state index in [1.165, 1.54) is 63.6 Å². The Kier molecular flexibility index (Phi) is 5.22. The molecule has 0 atom stereocenters. The molecule has 3 heteroatoms. The maximum Gasteiger partial charge on any atom is 0.0543 e. The van der Waals surface area contributed by atoms with Gasteiger partial charge in [0, 0.05) is 25.3 Å². The van der Waals surface area contributed by atoms with Crippen LogP contribution in [-0.4, -0.2) is 33.8 Å². The van der Waals surface area contributed by atoms with Crippen LogP contribution in [0, 0.1) is 5.92 Å². The normalized spacial score (nSPS) is 28.4. The second-order valence-corrected chi connectivity index (χ2v) is 7.76. The van der Waals surface area contributed by atoms with E-state index in [9.17, 15) is 0 Å². The summed E-state index contributed by atoms with van der Waals surface area (Å²) in [6, 6.07) is 1.49. The molecular weight excluding hydrogens is 270 g/mol. The van der Waals surface area contributed by atoms with Crippen LogP contribution < -0.4 is 0 Å². The molecule has 3 rings (SSSR count). The Bertz CT molecular complexity index is 449. The zero-order valence-electron chi connectivity index (χ0n) is 14.7. The number of piperidine rings is 1. The van der Waals surface area contributed by atoms with E-state index in [2.05, 4.69) is 47.8 Å². The molecule has 1 saturated heterocycles. The van der Waals surface area contributed by atoms with Gasteiger partial charge in [-0.05, 0) is 55.9 Å². The molecule has 1 aromatic rings. The predicted molar refractivity (Wildman–Crippen MR) is 92.2 cm³/mol. The van der Waals surface area contributed by atoms with E-state index in [0.717, 1.165) is 12.0 Å². The molecule has 1 aliphatic carbocycles. The average Bonchev–Trinajstić information content (AvgIpc) is 3.05. The van der Waals surface area contributed by atoms with Crippen LogP contribution in [0.4, 0.5) is 0 Å². The summed E-state index contributed by atoms with van der Waals surface area (Å²) in [7, 11) is 0. The third-order valence-corrected chi connectivity index (χ3v) is 6.07. The number of nitrogens with zero attached hydrogens (tertiary/aromatic N) is 3. The van der Waals surface area contributed by atoms with Crippen molar-refractivity contribution in [3.05, 3.63) is 18.0 Å². The van der Waals surface area contributed by atoms with Gasteiger partial charge in [0.15, 0.2) is 0 Å². The highest BCUT2D eigenvalue weighted by Crippen LogP contribution is 2.32. The third-order valence-electron chi connectivity index (χ3n) is 6.07. The molecule has 0 amide bonds. The first kappa shape index (κ1) is 16.0. The summed E-state index contributed by atoms with van der Waals surface area (Å²) in [6.07, 6.45) is 14.0. The molecular formula is C19H33N3. The van der Waals surface area contributed by atoms with Crippen molar-refractivity contribution in [2.75, 3.05) is 13.1 Å². The summed E-state index contributed by atoms with van der Waals surface area (Å²) >= 11 is 0. The van der Waals surface area contributed by atoms with E-state index in [4.69, 9.17) is 0 Å². The Morgan fingerprint density at radius 3 is 2.27 bits per heavy atom. The van der Waals surface area contributed by atoms with Crippen molar-refractivity contribution in [2.45, 2.75) is 83.7 Å². The number of hydrogen-bond donors (Lipinski definition) is 0. The van der Waals surface area contributed by atoms with Gasteiger partial charge in [0.2, 0.25) is 0 Å². The fourth-order valence-corrected chi connectivity index (χ4v) is 4.28. The van der Waals surface area contributed by atoms with Crippen molar-refractivity contribution in [1.29, 1.82) is 0 Å². The van der Waals surface area contributed by atoms with E-state index in [-0.39, 0.29) is 0 Å². The lowest BCUT2D eigenvalue weighted by Gasteiger charge is -2.40. The molecule has 124 valence electrons. The molecule has 22 heavy (non-hydrogen) atoms. The zero-order chi connectivity index (χ0) is 15.5. The molecule has 0 N–H and O–H groups in total. The molecule has 2 fully saturated rings. The van der Waals surface area contributed by atoms with Gasteiger partial charge in [-0.2, -0.15) is 5.10 Å². The van der Waals surface area contributed by atoms with Gasteiger partial charge in [-0.15, -0.1) is 0 Å². The fraction of sp³-hybridized carbons (Fsp3) is 0.842. The van der Waals surface area contributed by atoms with Crippen molar-refractivity contribution in [1.82, 2.24) is 14.7 Å². The van der Waals surface area contributed by atoms with Crippen LogP contribution in [0.1, 0.15) is 83.2 Å².